The van der Waals surface area contributed by atoms with E-state index in [0.29, 0.717) is 22.2 Å². The van der Waals surface area contributed by atoms with Crippen molar-refractivity contribution in [2.75, 3.05) is 6.61 Å². The van der Waals surface area contributed by atoms with Gasteiger partial charge in [0.2, 0.25) is 0 Å². The molecule has 5 nitrogen and oxygen atoms in total. The lowest BCUT2D eigenvalue weighted by atomic mass is 9.94. The van der Waals surface area contributed by atoms with Gasteiger partial charge in [-0.15, -0.1) is 0 Å². The molecule has 0 aliphatic carbocycles. The quantitative estimate of drug-likeness (QED) is 0.740. The van der Waals surface area contributed by atoms with Crippen LogP contribution in [0.25, 0.3) is 22.0 Å². The van der Waals surface area contributed by atoms with Gasteiger partial charge in [0.15, 0.2) is 0 Å². The molecule has 0 atom stereocenters. The minimum Gasteiger partial charge on any atom is -0.462 e. The maximum absolute atomic E-state index is 12.4. The first kappa shape index (κ1) is 16.9. The number of nitrogens with one attached hydrogen (secondary N) is 1. The Bertz CT molecular complexity index is 1020. The average Bonchev–Trinajstić information content (AvgIpc) is 2.56. The molecule has 0 radical (unpaired) electrons. The minimum atomic E-state index is -0.410. The summed E-state index contributed by atoms with van der Waals surface area (Å²) in [6.45, 7) is 7.68. The molecule has 1 N–H and O–H groups in total. The molecule has 0 bridgehead atoms. The summed E-state index contributed by atoms with van der Waals surface area (Å²) >= 11 is 0. The van der Waals surface area contributed by atoms with Crippen molar-refractivity contribution in [2.45, 2.75) is 27.7 Å². The van der Waals surface area contributed by atoms with Gasteiger partial charge in [-0.25, -0.2) is 9.89 Å². The van der Waals surface area contributed by atoms with Crippen molar-refractivity contribution in [3.8, 4) is 11.3 Å². The molecule has 3 rings (SSSR count). The second-order valence-electron chi connectivity index (χ2n) is 6.10. The molecule has 0 saturated carbocycles. The number of rotatable bonds is 3. The summed E-state index contributed by atoms with van der Waals surface area (Å²) in [7, 11) is 0. The fourth-order valence-electron chi connectivity index (χ4n) is 3.13. The minimum absolute atomic E-state index is 0.289. The highest BCUT2D eigenvalue weighted by Crippen LogP contribution is 2.30. The SMILES string of the molecule is CCOC(=O)c1c(C)cc2c(-c3ccc(C)cc3)n[nH]c(=O)c2c1C. The van der Waals surface area contributed by atoms with Gasteiger partial charge in [-0.05, 0) is 44.9 Å². The van der Waals surface area contributed by atoms with E-state index in [1.54, 1.807) is 13.8 Å². The van der Waals surface area contributed by atoms with Crippen molar-refractivity contribution in [3.63, 3.8) is 0 Å². The zero-order chi connectivity index (χ0) is 18.1. The predicted octanol–water partition coefficient (Wildman–Crippen LogP) is 3.69. The lowest BCUT2D eigenvalue weighted by Crippen LogP contribution is -2.15. The summed E-state index contributed by atoms with van der Waals surface area (Å²) in [5, 5.41) is 8.01. The Morgan fingerprint density at radius 1 is 1.16 bits per heavy atom. The molecule has 25 heavy (non-hydrogen) atoms. The number of hydrogen-bond acceptors (Lipinski definition) is 4. The highest BCUT2D eigenvalue weighted by Gasteiger charge is 2.20. The smallest absolute Gasteiger partial charge is 0.338 e. The number of aromatic amines is 1. The monoisotopic (exact) mass is 336 g/mol. The number of benzene rings is 2. The zero-order valence-electron chi connectivity index (χ0n) is 14.8. The second-order valence-corrected chi connectivity index (χ2v) is 6.10. The van der Waals surface area contributed by atoms with Crippen LogP contribution in [-0.2, 0) is 4.74 Å². The average molecular weight is 336 g/mol. The molecule has 0 spiro atoms. The van der Waals surface area contributed by atoms with Crippen LogP contribution in [0.3, 0.4) is 0 Å². The van der Waals surface area contributed by atoms with Gasteiger partial charge in [0.25, 0.3) is 5.56 Å². The van der Waals surface area contributed by atoms with E-state index >= 15 is 0 Å². The van der Waals surface area contributed by atoms with Crippen molar-refractivity contribution >= 4 is 16.7 Å². The van der Waals surface area contributed by atoms with E-state index < -0.39 is 5.97 Å². The topological polar surface area (TPSA) is 72.0 Å². The molecule has 3 aromatic rings. The highest BCUT2D eigenvalue weighted by atomic mass is 16.5. The van der Waals surface area contributed by atoms with Crippen LogP contribution in [0.15, 0.2) is 35.1 Å². The van der Waals surface area contributed by atoms with E-state index in [1.165, 1.54) is 0 Å². The van der Waals surface area contributed by atoms with Crippen LogP contribution in [0.2, 0.25) is 0 Å². The van der Waals surface area contributed by atoms with Crippen molar-refractivity contribution in [2.24, 2.45) is 0 Å². The third-order valence-electron chi connectivity index (χ3n) is 4.33. The Hall–Kier alpha value is -2.95. The molecular formula is C20H20N2O3. The number of esters is 1. The summed E-state index contributed by atoms with van der Waals surface area (Å²) < 4.78 is 5.14. The Balaban J connectivity index is 2.34. The van der Waals surface area contributed by atoms with Crippen molar-refractivity contribution in [1.29, 1.82) is 0 Å². The molecule has 1 aromatic heterocycles. The number of nitrogens with zero attached hydrogens (tertiary/aromatic N) is 1. The number of carbonyl (C=O) groups excluding carboxylic acids is 1. The number of ether oxygens (including phenoxy) is 1. The number of aryl methyl sites for hydroxylation is 3. The van der Waals surface area contributed by atoms with Crippen molar-refractivity contribution in [1.82, 2.24) is 10.2 Å². The van der Waals surface area contributed by atoms with Gasteiger partial charge >= 0.3 is 5.97 Å². The van der Waals surface area contributed by atoms with Crippen molar-refractivity contribution in [3.05, 3.63) is 62.9 Å². The molecule has 0 unspecified atom stereocenters. The van der Waals surface area contributed by atoms with Gasteiger partial charge < -0.3 is 4.74 Å². The predicted molar refractivity (Wildman–Crippen MR) is 98.0 cm³/mol. The molecule has 0 saturated heterocycles. The highest BCUT2D eigenvalue weighted by molar-refractivity contribution is 6.03. The zero-order valence-corrected chi connectivity index (χ0v) is 14.8. The van der Waals surface area contributed by atoms with Crippen LogP contribution >= 0.6 is 0 Å². The number of carbonyl (C=O) groups is 1. The normalized spacial score (nSPS) is 10.9. The summed E-state index contributed by atoms with van der Waals surface area (Å²) in [6.07, 6.45) is 0. The second kappa shape index (κ2) is 6.51. The third kappa shape index (κ3) is 2.93. The Kier molecular flexibility index (Phi) is 4.40. The van der Waals surface area contributed by atoms with Crippen molar-refractivity contribution < 1.29 is 9.53 Å². The summed E-state index contributed by atoms with van der Waals surface area (Å²) in [4.78, 5) is 24.7. The van der Waals surface area contributed by atoms with Crippen LogP contribution in [0.1, 0.15) is 34.0 Å². The molecule has 0 aliphatic rings. The maximum Gasteiger partial charge on any atom is 0.338 e. The number of fused-ring (bicyclic) bond motifs is 1. The van der Waals surface area contributed by atoms with Gasteiger partial charge in [-0.3, -0.25) is 4.79 Å². The fraction of sp³-hybridized carbons (Fsp3) is 0.250. The van der Waals surface area contributed by atoms with Gasteiger partial charge in [-0.1, -0.05) is 29.8 Å². The lowest BCUT2D eigenvalue weighted by Gasteiger charge is -2.13. The number of aromatic nitrogens is 2. The molecular weight excluding hydrogens is 316 g/mol. The van der Waals surface area contributed by atoms with Gasteiger partial charge in [0.05, 0.1) is 23.3 Å². The van der Waals surface area contributed by atoms with Crippen LogP contribution in [-0.4, -0.2) is 22.8 Å². The van der Waals surface area contributed by atoms with Crippen LogP contribution in [0, 0.1) is 20.8 Å². The van der Waals surface area contributed by atoms with Crippen LogP contribution in [0.5, 0.6) is 0 Å². The summed E-state index contributed by atoms with van der Waals surface area (Å²) in [5.74, 6) is -0.410. The van der Waals surface area contributed by atoms with E-state index in [-0.39, 0.29) is 12.2 Å². The Labute approximate surface area is 145 Å². The van der Waals surface area contributed by atoms with E-state index in [9.17, 15) is 9.59 Å². The maximum atomic E-state index is 12.4. The van der Waals surface area contributed by atoms with Gasteiger partial charge in [-0.2, -0.15) is 5.10 Å². The van der Waals surface area contributed by atoms with Crippen LogP contribution < -0.4 is 5.56 Å². The Morgan fingerprint density at radius 2 is 1.84 bits per heavy atom. The molecule has 0 aliphatic heterocycles. The number of H-pyrrole nitrogens is 1. The third-order valence-corrected chi connectivity index (χ3v) is 4.33. The lowest BCUT2D eigenvalue weighted by molar-refractivity contribution is 0.0525. The molecule has 128 valence electrons. The first-order valence-electron chi connectivity index (χ1n) is 8.20. The summed E-state index contributed by atoms with van der Waals surface area (Å²) in [6, 6.07) is 9.78. The first-order chi connectivity index (χ1) is 11.9. The van der Waals surface area contributed by atoms with E-state index in [0.717, 1.165) is 22.1 Å². The van der Waals surface area contributed by atoms with Gasteiger partial charge in [0, 0.05) is 10.9 Å². The first-order valence-corrected chi connectivity index (χ1v) is 8.20. The van der Waals surface area contributed by atoms with E-state index in [4.69, 9.17) is 4.74 Å². The Morgan fingerprint density at radius 3 is 2.48 bits per heavy atom. The summed E-state index contributed by atoms with van der Waals surface area (Å²) in [5.41, 5.74) is 4.27. The van der Waals surface area contributed by atoms with Crippen LogP contribution in [0.4, 0.5) is 0 Å². The fourth-order valence-corrected chi connectivity index (χ4v) is 3.13. The molecule has 5 heteroatoms. The largest absolute Gasteiger partial charge is 0.462 e. The molecule has 0 fully saturated rings. The number of hydrogen-bond donors (Lipinski definition) is 1. The van der Waals surface area contributed by atoms with Gasteiger partial charge in [0.1, 0.15) is 0 Å². The standard InChI is InChI=1S/C20H20N2O3/c1-5-25-20(24)16-12(3)10-15-17(13(16)4)19(23)22-21-18(15)14-8-6-11(2)7-9-14/h6-10H,5H2,1-4H3,(H,22,23). The molecule has 1 heterocycles. The van der Waals surface area contributed by atoms with E-state index in [2.05, 4.69) is 10.2 Å². The molecule has 0 amide bonds. The van der Waals surface area contributed by atoms with E-state index in [1.807, 2.05) is 44.2 Å². The molecule has 2 aromatic carbocycles.